The first kappa shape index (κ1) is 7.29. The van der Waals surface area contributed by atoms with Crippen LogP contribution in [-0.2, 0) is 6.42 Å². The van der Waals surface area contributed by atoms with Crippen LogP contribution in [0.15, 0.2) is 24.3 Å². The Kier molecular flexibility index (Phi) is 2.97. The molecule has 10 heavy (non-hydrogen) atoms. The highest BCUT2D eigenvalue weighted by Gasteiger charge is 1.87. The Hall–Kier alpha value is -0.820. The molecule has 0 atom stereocenters. The number of benzene rings is 1. The minimum atomic E-state index is 0.773. The number of rotatable bonds is 3. The quantitative estimate of drug-likeness (QED) is 0.664. The van der Waals surface area contributed by atoms with Crippen molar-refractivity contribution in [1.29, 1.82) is 0 Å². The lowest BCUT2D eigenvalue weighted by Gasteiger charge is -1.96. The first-order chi connectivity index (χ1) is 4.93. The second kappa shape index (κ2) is 4.07. The molecule has 0 heterocycles. The van der Waals surface area contributed by atoms with Crippen LogP contribution < -0.4 is 5.73 Å². The molecule has 1 radical (unpaired) electrons. The van der Waals surface area contributed by atoms with Crippen molar-refractivity contribution in [2.24, 2.45) is 5.73 Å². The third-order valence-electron chi connectivity index (χ3n) is 1.44. The Morgan fingerprint density at radius 2 is 2.40 bits per heavy atom. The Labute approximate surface area is 61.9 Å². The maximum atomic E-state index is 5.37. The van der Waals surface area contributed by atoms with Gasteiger partial charge < -0.3 is 5.73 Å². The topological polar surface area (TPSA) is 26.0 Å². The molecular formula is C9H12N. The van der Waals surface area contributed by atoms with E-state index in [-0.39, 0.29) is 0 Å². The lowest BCUT2D eigenvalue weighted by Crippen LogP contribution is -1.99. The fourth-order valence-electron chi connectivity index (χ4n) is 0.892. The monoisotopic (exact) mass is 134 g/mol. The van der Waals surface area contributed by atoms with Crippen LogP contribution in [0.3, 0.4) is 0 Å². The van der Waals surface area contributed by atoms with Crippen LogP contribution in [0.1, 0.15) is 12.0 Å². The van der Waals surface area contributed by atoms with E-state index in [0.717, 1.165) is 19.4 Å². The van der Waals surface area contributed by atoms with Crippen molar-refractivity contribution in [2.75, 3.05) is 6.54 Å². The second-order valence-corrected chi connectivity index (χ2v) is 2.30. The molecule has 0 aliphatic rings. The molecular weight excluding hydrogens is 122 g/mol. The van der Waals surface area contributed by atoms with Gasteiger partial charge in [0.05, 0.1) is 0 Å². The normalized spacial score (nSPS) is 9.70. The van der Waals surface area contributed by atoms with Gasteiger partial charge in [-0.2, -0.15) is 0 Å². The summed E-state index contributed by atoms with van der Waals surface area (Å²) in [5, 5.41) is 0. The summed E-state index contributed by atoms with van der Waals surface area (Å²) in [4.78, 5) is 0. The van der Waals surface area contributed by atoms with Gasteiger partial charge in [-0.25, -0.2) is 0 Å². The third kappa shape index (κ3) is 2.19. The van der Waals surface area contributed by atoms with E-state index in [9.17, 15) is 0 Å². The zero-order chi connectivity index (χ0) is 7.23. The standard InChI is InChI=1S/C9H12N/c10-8-4-7-9-5-2-1-3-6-9/h1-2,5-6H,4,7-8,10H2. The van der Waals surface area contributed by atoms with E-state index in [1.165, 1.54) is 5.56 Å². The molecule has 0 amide bonds. The van der Waals surface area contributed by atoms with Crippen LogP contribution in [-0.4, -0.2) is 6.54 Å². The van der Waals surface area contributed by atoms with Crippen molar-refractivity contribution in [2.45, 2.75) is 12.8 Å². The molecule has 1 nitrogen and oxygen atoms in total. The molecule has 1 heteroatoms. The zero-order valence-electron chi connectivity index (χ0n) is 6.01. The molecule has 53 valence electrons. The van der Waals surface area contributed by atoms with E-state index in [4.69, 9.17) is 5.73 Å². The maximum absolute atomic E-state index is 5.37. The molecule has 1 aromatic rings. The Morgan fingerprint density at radius 3 is 3.00 bits per heavy atom. The van der Waals surface area contributed by atoms with E-state index >= 15 is 0 Å². The van der Waals surface area contributed by atoms with E-state index in [1.807, 2.05) is 18.2 Å². The molecule has 0 aromatic heterocycles. The van der Waals surface area contributed by atoms with Crippen molar-refractivity contribution < 1.29 is 0 Å². The van der Waals surface area contributed by atoms with Gasteiger partial charge in [-0.1, -0.05) is 24.3 Å². The maximum Gasteiger partial charge on any atom is -0.00741 e. The Balaban J connectivity index is 2.43. The zero-order valence-corrected chi connectivity index (χ0v) is 6.01. The van der Waals surface area contributed by atoms with Gasteiger partial charge in [-0.05, 0) is 31.0 Å². The van der Waals surface area contributed by atoms with Gasteiger partial charge in [0, 0.05) is 0 Å². The molecule has 0 saturated carbocycles. The lowest BCUT2D eigenvalue weighted by atomic mass is 10.1. The van der Waals surface area contributed by atoms with Crippen LogP contribution in [0.25, 0.3) is 0 Å². The summed E-state index contributed by atoms with van der Waals surface area (Å²) in [5.74, 6) is 0. The van der Waals surface area contributed by atoms with Crippen molar-refractivity contribution in [3.05, 3.63) is 35.9 Å². The van der Waals surface area contributed by atoms with Gasteiger partial charge in [-0.15, -0.1) is 0 Å². The summed E-state index contributed by atoms with van der Waals surface area (Å²) < 4.78 is 0. The van der Waals surface area contributed by atoms with E-state index in [0.29, 0.717) is 0 Å². The smallest absolute Gasteiger partial charge is 0.00741 e. The van der Waals surface area contributed by atoms with E-state index in [2.05, 4.69) is 12.1 Å². The third-order valence-corrected chi connectivity index (χ3v) is 1.44. The van der Waals surface area contributed by atoms with Crippen molar-refractivity contribution in [3.63, 3.8) is 0 Å². The van der Waals surface area contributed by atoms with E-state index < -0.39 is 0 Å². The fourth-order valence-corrected chi connectivity index (χ4v) is 0.892. The van der Waals surface area contributed by atoms with E-state index in [1.54, 1.807) is 0 Å². The van der Waals surface area contributed by atoms with Crippen LogP contribution in [0.5, 0.6) is 0 Å². The molecule has 0 unspecified atom stereocenters. The fraction of sp³-hybridized carbons (Fsp3) is 0.333. The minimum Gasteiger partial charge on any atom is -0.330 e. The first-order valence-corrected chi connectivity index (χ1v) is 3.58. The van der Waals surface area contributed by atoms with Crippen LogP contribution in [0.2, 0.25) is 0 Å². The van der Waals surface area contributed by atoms with Crippen molar-refractivity contribution >= 4 is 0 Å². The van der Waals surface area contributed by atoms with Crippen LogP contribution >= 0.6 is 0 Å². The summed E-state index contributed by atoms with van der Waals surface area (Å²) in [6.45, 7) is 0.773. The molecule has 0 aliphatic carbocycles. The molecule has 1 aromatic carbocycles. The van der Waals surface area contributed by atoms with Crippen LogP contribution in [0, 0.1) is 6.07 Å². The summed E-state index contributed by atoms with van der Waals surface area (Å²) in [6.07, 6.45) is 2.14. The first-order valence-electron chi connectivity index (χ1n) is 3.58. The van der Waals surface area contributed by atoms with Crippen molar-refractivity contribution in [3.8, 4) is 0 Å². The van der Waals surface area contributed by atoms with Gasteiger partial charge in [0.2, 0.25) is 0 Å². The predicted molar refractivity (Wildman–Crippen MR) is 42.7 cm³/mol. The summed E-state index contributed by atoms with van der Waals surface area (Å²) in [7, 11) is 0. The molecule has 2 N–H and O–H groups in total. The SMILES string of the molecule is NCCCc1c[c]ccc1. The van der Waals surface area contributed by atoms with Gasteiger partial charge in [0.1, 0.15) is 0 Å². The average molecular weight is 134 g/mol. The highest BCUT2D eigenvalue weighted by molar-refractivity contribution is 5.13. The van der Waals surface area contributed by atoms with Gasteiger partial charge >= 0.3 is 0 Å². The van der Waals surface area contributed by atoms with Crippen molar-refractivity contribution in [1.82, 2.24) is 0 Å². The van der Waals surface area contributed by atoms with Gasteiger partial charge in [-0.3, -0.25) is 0 Å². The largest absolute Gasteiger partial charge is 0.330 e. The molecule has 0 saturated heterocycles. The lowest BCUT2D eigenvalue weighted by molar-refractivity contribution is 0.832. The average Bonchev–Trinajstić information content (AvgIpc) is 2.03. The Bertz CT molecular complexity index is 169. The number of aryl methyl sites for hydroxylation is 1. The summed E-state index contributed by atoms with van der Waals surface area (Å²) in [5.41, 5.74) is 6.69. The molecule has 0 aliphatic heterocycles. The molecule has 1 rings (SSSR count). The highest BCUT2D eigenvalue weighted by atomic mass is 14.5. The minimum absolute atomic E-state index is 0.773. The second-order valence-electron chi connectivity index (χ2n) is 2.30. The summed E-state index contributed by atoms with van der Waals surface area (Å²) in [6, 6.07) is 11.1. The highest BCUT2D eigenvalue weighted by Crippen LogP contribution is 1.99. The summed E-state index contributed by atoms with van der Waals surface area (Å²) >= 11 is 0. The molecule has 0 bridgehead atoms. The van der Waals surface area contributed by atoms with Gasteiger partial charge in [0.15, 0.2) is 0 Å². The number of hydrogen-bond acceptors (Lipinski definition) is 1. The number of nitrogens with two attached hydrogens (primary N) is 1. The predicted octanol–water partition coefficient (Wildman–Crippen LogP) is 1.38. The Morgan fingerprint density at radius 1 is 1.50 bits per heavy atom. The number of hydrogen-bond donors (Lipinski definition) is 1. The van der Waals surface area contributed by atoms with Gasteiger partial charge in [0.25, 0.3) is 0 Å². The van der Waals surface area contributed by atoms with Crippen LogP contribution in [0.4, 0.5) is 0 Å². The molecule has 0 fully saturated rings. The molecule has 0 spiro atoms.